The van der Waals surface area contributed by atoms with Crippen molar-refractivity contribution in [1.82, 2.24) is 14.9 Å². The van der Waals surface area contributed by atoms with Gasteiger partial charge in [-0.2, -0.15) is 0 Å². The van der Waals surface area contributed by atoms with Crippen molar-refractivity contribution in [2.45, 2.75) is 44.6 Å². The zero-order valence-corrected chi connectivity index (χ0v) is 15.4. The number of nitrogens with zero attached hydrogens (tertiary/aromatic N) is 1. The lowest BCUT2D eigenvalue weighted by atomic mass is 10.0. The Balaban J connectivity index is 1.93. The molecule has 0 aliphatic carbocycles. The van der Waals surface area contributed by atoms with Gasteiger partial charge in [0.05, 0.1) is 4.90 Å². The second-order valence-electron chi connectivity index (χ2n) is 6.68. The van der Waals surface area contributed by atoms with Gasteiger partial charge in [-0.05, 0) is 50.9 Å². The van der Waals surface area contributed by atoms with Crippen molar-refractivity contribution in [3.05, 3.63) is 29.8 Å². The van der Waals surface area contributed by atoms with E-state index in [0.29, 0.717) is 12.5 Å². The summed E-state index contributed by atoms with van der Waals surface area (Å²) in [4.78, 5) is 14.5. The monoisotopic (exact) mass is 353 g/mol. The minimum Gasteiger partial charge on any atom is -0.336 e. The lowest BCUT2D eigenvalue weighted by Crippen LogP contribution is -2.48. The number of carbonyl (C=O) groups is 1. The summed E-state index contributed by atoms with van der Waals surface area (Å²) in [6.45, 7) is 8.62. The lowest BCUT2D eigenvalue weighted by Gasteiger charge is -2.30. The van der Waals surface area contributed by atoms with Crippen molar-refractivity contribution in [3.8, 4) is 0 Å². The van der Waals surface area contributed by atoms with E-state index in [9.17, 15) is 13.2 Å². The summed E-state index contributed by atoms with van der Waals surface area (Å²) in [7, 11) is -3.84. The van der Waals surface area contributed by atoms with Crippen LogP contribution < -0.4 is 10.0 Å². The van der Waals surface area contributed by atoms with Crippen molar-refractivity contribution in [2.24, 2.45) is 5.92 Å². The number of rotatable bonds is 6. The maximum Gasteiger partial charge on any atom is 0.328 e. The van der Waals surface area contributed by atoms with Crippen LogP contribution >= 0.6 is 0 Å². The van der Waals surface area contributed by atoms with Crippen LogP contribution in [0.25, 0.3) is 0 Å². The first-order valence-corrected chi connectivity index (χ1v) is 9.89. The first kappa shape index (κ1) is 18.7. The average Bonchev–Trinajstić information content (AvgIpc) is 3.01. The van der Waals surface area contributed by atoms with Crippen molar-refractivity contribution in [1.29, 1.82) is 0 Å². The molecule has 2 rings (SSSR count). The number of hydrogen-bond donors (Lipinski definition) is 2. The standard InChI is InChI=1S/C17H27N3O3S/c1-13(2)16(20-10-4-5-11-20)12-18-17(21)19-24(22,23)15-8-6-14(3)7-9-15/h6-9,13,16H,4-5,10-12H2,1-3H3,(H2,18,19,21). The Hall–Kier alpha value is -1.60. The van der Waals surface area contributed by atoms with E-state index in [4.69, 9.17) is 0 Å². The van der Waals surface area contributed by atoms with E-state index in [-0.39, 0.29) is 10.9 Å². The summed E-state index contributed by atoms with van der Waals surface area (Å²) in [6.07, 6.45) is 2.36. The molecule has 1 aliphatic rings. The van der Waals surface area contributed by atoms with Crippen LogP contribution in [0.4, 0.5) is 4.79 Å². The summed E-state index contributed by atoms with van der Waals surface area (Å²) < 4.78 is 26.5. The molecular formula is C17H27N3O3S. The average molecular weight is 353 g/mol. The van der Waals surface area contributed by atoms with Crippen LogP contribution in [0.1, 0.15) is 32.3 Å². The van der Waals surface area contributed by atoms with E-state index in [1.807, 2.05) is 6.92 Å². The van der Waals surface area contributed by atoms with Gasteiger partial charge in [-0.3, -0.25) is 4.90 Å². The molecule has 1 saturated heterocycles. The van der Waals surface area contributed by atoms with Crippen LogP contribution in [0.5, 0.6) is 0 Å². The zero-order chi connectivity index (χ0) is 17.7. The van der Waals surface area contributed by atoms with E-state index in [1.54, 1.807) is 12.1 Å². The molecule has 0 spiro atoms. The number of urea groups is 1. The second-order valence-corrected chi connectivity index (χ2v) is 8.37. The normalized spacial score (nSPS) is 17.0. The molecule has 0 radical (unpaired) electrons. The molecule has 7 heteroatoms. The molecular weight excluding hydrogens is 326 g/mol. The Morgan fingerprint density at radius 2 is 1.75 bits per heavy atom. The van der Waals surface area contributed by atoms with Crippen molar-refractivity contribution < 1.29 is 13.2 Å². The highest BCUT2D eigenvalue weighted by Crippen LogP contribution is 2.17. The third-order valence-corrected chi connectivity index (χ3v) is 5.76. The third kappa shape index (κ3) is 4.95. The van der Waals surface area contributed by atoms with E-state index in [0.717, 1.165) is 18.7 Å². The molecule has 1 atom stereocenters. The molecule has 1 heterocycles. The number of likely N-dealkylation sites (tertiary alicyclic amines) is 1. The second kappa shape index (κ2) is 7.98. The molecule has 1 unspecified atom stereocenters. The Kier molecular flexibility index (Phi) is 6.23. The Labute approximate surface area is 144 Å². The number of hydrogen-bond acceptors (Lipinski definition) is 4. The van der Waals surface area contributed by atoms with Crippen molar-refractivity contribution in [2.75, 3.05) is 19.6 Å². The molecule has 0 saturated carbocycles. The summed E-state index contributed by atoms with van der Waals surface area (Å²) in [5, 5.41) is 2.71. The molecule has 6 nitrogen and oxygen atoms in total. The highest BCUT2D eigenvalue weighted by molar-refractivity contribution is 7.90. The number of aryl methyl sites for hydroxylation is 1. The van der Waals surface area contributed by atoms with Crippen molar-refractivity contribution in [3.63, 3.8) is 0 Å². The molecule has 2 N–H and O–H groups in total. The predicted molar refractivity (Wildman–Crippen MR) is 94.3 cm³/mol. The minimum atomic E-state index is -3.84. The fraction of sp³-hybridized carbons (Fsp3) is 0.588. The Morgan fingerprint density at radius 1 is 1.17 bits per heavy atom. The summed E-state index contributed by atoms with van der Waals surface area (Å²) in [5.41, 5.74) is 0.962. The van der Waals surface area contributed by atoms with E-state index < -0.39 is 16.1 Å². The van der Waals surface area contributed by atoms with E-state index in [1.165, 1.54) is 25.0 Å². The van der Waals surface area contributed by atoms with E-state index >= 15 is 0 Å². The Morgan fingerprint density at radius 3 is 2.29 bits per heavy atom. The highest BCUT2D eigenvalue weighted by Gasteiger charge is 2.25. The fourth-order valence-corrected chi connectivity index (χ4v) is 3.92. The smallest absolute Gasteiger partial charge is 0.328 e. The quantitative estimate of drug-likeness (QED) is 0.821. The van der Waals surface area contributed by atoms with Gasteiger partial charge in [0.1, 0.15) is 0 Å². The van der Waals surface area contributed by atoms with Crippen LogP contribution in [0.15, 0.2) is 29.2 Å². The van der Waals surface area contributed by atoms with Crippen LogP contribution in [0.2, 0.25) is 0 Å². The van der Waals surface area contributed by atoms with Crippen LogP contribution in [-0.4, -0.2) is 45.0 Å². The third-order valence-electron chi connectivity index (χ3n) is 4.41. The molecule has 0 aromatic heterocycles. The number of amides is 2. The van der Waals surface area contributed by atoms with Gasteiger partial charge in [0.25, 0.3) is 10.0 Å². The maximum atomic E-state index is 12.2. The summed E-state index contributed by atoms with van der Waals surface area (Å²) in [5.74, 6) is 0.386. The molecule has 134 valence electrons. The van der Waals surface area contributed by atoms with Gasteiger partial charge in [0.2, 0.25) is 0 Å². The van der Waals surface area contributed by atoms with E-state index in [2.05, 4.69) is 28.8 Å². The summed E-state index contributed by atoms with van der Waals surface area (Å²) >= 11 is 0. The fourth-order valence-electron chi connectivity index (χ4n) is 2.99. The van der Waals surface area contributed by atoms with Gasteiger partial charge in [-0.25, -0.2) is 17.9 Å². The van der Waals surface area contributed by atoms with Crippen LogP contribution in [0.3, 0.4) is 0 Å². The highest BCUT2D eigenvalue weighted by atomic mass is 32.2. The molecule has 1 aromatic rings. The maximum absolute atomic E-state index is 12.2. The van der Waals surface area contributed by atoms with Gasteiger partial charge in [0.15, 0.2) is 0 Å². The number of benzene rings is 1. The number of nitrogens with one attached hydrogen (secondary N) is 2. The SMILES string of the molecule is Cc1ccc(S(=O)(=O)NC(=O)NCC(C(C)C)N2CCCC2)cc1. The molecule has 2 amide bonds. The van der Waals surface area contributed by atoms with Gasteiger partial charge < -0.3 is 5.32 Å². The van der Waals surface area contributed by atoms with Gasteiger partial charge in [-0.15, -0.1) is 0 Å². The van der Waals surface area contributed by atoms with Gasteiger partial charge >= 0.3 is 6.03 Å². The molecule has 0 bridgehead atoms. The predicted octanol–water partition coefficient (Wildman–Crippen LogP) is 2.10. The first-order valence-electron chi connectivity index (χ1n) is 8.41. The van der Waals surface area contributed by atoms with Crippen LogP contribution in [-0.2, 0) is 10.0 Å². The minimum absolute atomic E-state index is 0.0863. The first-order chi connectivity index (χ1) is 11.3. The Bertz CT molecular complexity index is 650. The zero-order valence-electron chi connectivity index (χ0n) is 14.6. The molecule has 1 aliphatic heterocycles. The lowest BCUT2D eigenvalue weighted by molar-refractivity contribution is 0.185. The summed E-state index contributed by atoms with van der Waals surface area (Å²) in [6, 6.07) is 5.93. The number of sulfonamides is 1. The largest absolute Gasteiger partial charge is 0.336 e. The molecule has 1 aromatic carbocycles. The van der Waals surface area contributed by atoms with Gasteiger partial charge in [-0.1, -0.05) is 31.5 Å². The number of carbonyl (C=O) groups excluding carboxylic acids is 1. The molecule has 1 fully saturated rings. The van der Waals surface area contributed by atoms with Gasteiger partial charge in [0, 0.05) is 12.6 Å². The molecule has 24 heavy (non-hydrogen) atoms. The topological polar surface area (TPSA) is 78.5 Å². The van der Waals surface area contributed by atoms with Crippen molar-refractivity contribution >= 4 is 16.1 Å². The van der Waals surface area contributed by atoms with Crippen LogP contribution in [0, 0.1) is 12.8 Å².